The van der Waals surface area contributed by atoms with Crippen LogP contribution in [0.1, 0.15) is 18.4 Å². The largest absolute Gasteiger partial charge is 0.511 e. The van der Waals surface area contributed by atoms with Crippen molar-refractivity contribution >= 4 is 40.0 Å². The van der Waals surface area contributed by atoms with Gasteiger partial charge < -0.3 is 10.6 Å². The Hall–Kier alpha value is -1.15. The van der Waals surface area contributed by atoms with Crippen molar-refractivity contribution in [3.8, 4) is 0 Å². The molecule has 0 atom stereocenters. The summed E-state index contributed by atoms with van der Waals surface area (Å²) in [6, 6.07) is 6.00. The Balaban J connectivity index is 0.00000364. The van der Waals surface area contributed by atoms with Crippen molar-refractivity contribution in [1.29, 1.82) is 0 Å². The maximum Gasteiger partial charge on any atom is 0.511 e. The highest BCUT2D eigenvalue weighted by Gasteiger charge is 2.50. The summed E-state index contributed by atoms with van der Waals surface area (Å²) in [5, 5.41) is 5.95. The van der Waals surface area contributed by atoms with Crippen LogP contribution in [0.4, 0.5) is 17.6 Å². The van der Waals surface area contributed by atoms with Crippen LogP contribution >= 0.6 is 24.0 Å². The van der Waals surface area contributed by atoms with Gasteiger partial charge in [-0.05, 0) is 18.9 Å². The van der Waals surface area contributed by atoms with Crippen molar-refractivity contribution in [2.75, 3.05) is 20.1 Å². The molecule has 0 amide bonds. The van der Waals surface area contributed by atoms with Crippen LogP contribution in [0.3, 0.4) is 0 Å². The molecule has 1 aromatic rings. The average molecular weight is 524 g/mol. The van der Waals surface area contributed by atoms with E-state index in [0.29, 0.717) is 15.8 Å². The molecule has 1 heterocycles. The third-order valence-corrected chi connectivity index (χ3v) is 5.68. The molecule has 0 aromatic heterocycles. The number of hydrogen-bond donors (Lipinski definition) is 2. The van der Waals surface area contributed by atoms with Crippen molar-refractivity contribution < 1.29 is 26.0 Å². The normalized spacial score (nSPS) is 17.3. The fraction of sp³-hybridized carbons (Fsp3) is 0.533. The highest BCUT2D eigenvalue weighted by molar-refractivity contribution is 14.0. The lowest BCUT2D eigenvalue weighted by Crippen LogP contribution is -2.51. The predicted molar refractivity (Wildman–Crippen MR) is 105 cm³/mol. The van der Waals surface area contributed by atoms with Crippen molar-refractivity contribution in [3.05, 3.63) is 35.6 Å². The van der Waals surface area contributed by atoms with Crippen LogP contribution in [0.25, 0.3) is 0 Å². The van der Waals surface area contributed by atoms with Gasteiger partial charge in [0.15, 0.2) is 5.96 Å². The zero-order valence-electron chi connectivity index (χ0n) is 14.5. The summed E-state index contributed by atoms with van der Waals surface area (Å²) < 4.78 is 74.5. The average Bonchev–Trinajstić information content (AvgIpc) is 2.59. The molecule has 2 rings (SSSR count). The third kappa shape index (κ3) is 6.17. The number of nitrogens with zero attached hydrogens (tertiary/aromatic N) is 2. The number of aliphatic imine (C=N–C) groups is 1. The molecule has 1 aromatic carbocycles. The fourth-order valence-electron chi connectivity index (χ4n) is 2.60. The van der Waals surface area contributed by atoms with Gasteiger partial charge in [0, 0.05) is 38.3 Å². The molecule has 0 spiro atoms. The van der Waals surface area contributed by atoms with Crippen molar-refractivity contribution in [2.45, 2.75) is 30.9 Å². The smallest absolute Gasteiger partial charge is 0.354 e. The van der Waals surface area contributed by atoms with E-state index in [2.05, 4.69) is 15.6 Å². The Kier molecular flexibility index (Phi) is 8.73. The van der Waals surface area contributed by atoms with Gasteiger partial charge in [-0.1, -0.05) is 18.2 Å². The SMILES string of the molecule is CN=C(NCc1ccccc1F)NC1CCN(S(=O)(=O)C(F)(F)F)CC1.I. The molecule has 27 heavy (non-hydrogen) atoms. The minimum atomic E-state index is -5.29. The number of piperidine rings is 1. The van der Waals surface area contributed by atoms with Crippen LogP contribution < -0.4 is 10.6 Å². The zero-order valence-corrected chi connectivity index (χ0v) is 17.6. The van der Waals surface area contributed by atoms with Gasteiger partial charge in [0.2, 0.25) is 0 Å². The zero-order chi connectivity index (χ0) is 19.4. The first-order chi connectivity index (χ1) is 12.1. The second-order valence-corrected chi connectivity index (χ2v) is 7.72. The monoisotopic (exact) mass is 524 g/mol. The maximum atomic E-state index is 13.6. The number of sulfonamides is 1. The number of hydrogen-bond acceptors (Lipinski definition) is 3. The van der Waals surface area contributed by atoms with E-state index in [0.717, 1.165) is 0 Å². The summed E-state index contributed by atoms with van der Waals surface area (Å²) in [6.07, 6.45) is 0.408. The molecule has 0 saturated carbocycles. The summed E-state index contributed by atoms with van der Waals surface area (Å²) in [5.41, 5.74) is -4.84. The Labute approximate surface area is 172 Å². The van der Waals surface area contributed by atoms with Gasteiger partial charge in [-0.3, -0.25) is 4.99 Å². The van der Waals surface area contributed by atoms with Gasteiger partial charge in [0.1, 0.15) is 5.82 Å². The summed E-state index contributed by atoms with van der Waals surface area (Å²) in [4.78, 5) is 3.99. The van der Waals surface area contributed by atoms with Gasteiger partial charge >= 0.3 is 15.5 Å². The quantitative estimate of drug-likeness (QED) is 0.275. The van der Waals surface area contributed by atoms with E-state index in [4.69, 9.17) is 0 Å². The maximum absolute atomic E-state index is 13.6. The summed E-state index contributed by atoms with van der Waals surface area (Å²) in [7, 11) is -3.78. The molecule has 0 aliphatic carbocycles. The van der Waals surface area contributed by atoms with E-state index in [1.54, 1.807) is 18.2 Å². The van der Waals surface area contributed by atoms with Gasteiger partial charge in [-0.15, -0.1) is 24.0 Å². The number of halogens is 5. The first-order valence-electron chi connectivity index (χ1n) is 7.92. The Morgan fingerprint density at radius 3 is 2.37 bits per heavy atom. The van der Waals surface area contributed by atoms with E-state index >= 15 is 0 Å². The highest BCUT2D eigenvalue weighted by Crippen LogP contribution is 2.28. The Morgan fingerprint density at radius 1 is 1.26 bits per heavy atom. The molecular formula is C15H21F4IN4O2S. The predicted octanol–water partition coefficient (Wildman–Crippen LogP) is 2.42. The molecule has 1 fully saturated rings. The second-order valence-electron chi connectivity index (χ2n) is 5.79. The van der Waals surface area contributed by atoms with E-state index in [1.807, 2.05) is 0 Å². The first-order valence-corrected chi connectivity index (χ1v) is 9.36. The highest BCUT2D eigenvalue weighted by atomic mass is 127. The topological polar surface area (TPSA) is 73.8 Å². The van der Waals surface area contributed by atoms with Crippen molar-refractivity contribution in [3.63, 3.8) is 0 Å². The molecule has 6 nitrogen and oxygen atoms in total. The Bertz CT molecular complexity index is 750. The minimum absolute atomic E-state index is 0. The molecule has 1 aliphatic rings. The molecule has 12 heteroatoms. The first kappa shape index (κ1) is 23.9. The lowest BCUT2D eigenvalue weighted by atomic mass is 10.1. The number of alkyl halides is 3. The summed E-state index contributed by atoms with van der Waals surface area (Å²) in [6.45, 7) is -0.277. The summed E-state index contributed by atoms with van der Waals surface area (Å²) >= 11 is 0. The molecule has 0 bridgehead atoms. The van der Waals surface area contributed by atoms with Gasteiger partial charge in [-0.2, -0.15) is 17.5 Å². The van der Waals surface area contributed by atoms with Crippen LogP contribution in [0.5, 0.6) is 0 Å². The third-order valence-electron chi connectivity index (χ3n) is 4.05. The molecular weight excluding hydrogens is 503 g/mol. The van der Waals surface area contributed by atoms with Crippen molar-refractivity contribution in [2.24, 2.45) is 4.99 Å². The van der Waals surface area contributed by atoms with Crippen LogP contribution in [0.15, 0.2) is 29.3 Å². The van der Waals surface area contributed by atoms with Crippen LogP contribution in [-0.2, 0) is 16.6 Å². The molecule has 0 unspecified atom stereocenters. The number of benzene rings is 1. The Morgan fingerprint density at radius 2 is 1.85 bits per heavy atom. The number of guanidine groups is 1. The number of nitrogens with one attached hydrogen (secondary N) is 2. The van der Waals surface area contributed by atoms with Crippen LogP contribution in [0, 0.1) is 5.82 Å². The van der Waals surface area contributed by atoms with E-state index in [-0.39, 0.29) is 68.3 Å². The van der Waals surface area contributed by atoms with E-state index in [1.165, 1.54) is 13.1 Å². The standard InChI is InChI=1S/C15H20F4N4O2S.HI/c1-20-14(21-10-11-4-2-3-5-13(11)16)22-12-6-8-23(9-7-12)26(24,25)15(17,18)19;/h2-5,12H,6-10H2,1H3,(H2,20,21,22);1H. The number of rotatable bonds is 4. The van der Waals surface area contributed by atoms with Crippen LogP contribution in [-0.4, -0.2) is 50.4 Å². The fourth-order valence-corrected chi connectivity index (χ4v) is 3.58. The molecule has 1 aliphatic heterocycles. The van der Waals surface area contributed by atoms with Gasteiger partial charge in [-0.25, -0.2) is 12.8 Å². The van der Waals surface area contributed by atoms with Crippen molar-refractivity contribution in [1.82, 2.24) is 14.9 Å². The molecule has 154 valence electrons. The molecule has 0 radical (unpaired) electrons. The molecule has 2 N–H and O–H groups in total. The van der Waals surface area contributed by atoms with E-state index in [9.17, 15) is 26.0 Å². The minimum Gasteiger partial charge on any atom is -0.354 e. The molecule has 1 saturated heterocycles. The second kappa shape index (κ2) is 9.87. The van der Waals surface area contributed by atoms with Crippen LogP contribution in [0.2, 0.25) is 0 Å². The van der Waals surface area contributed by atoms with E-state index < -0.39 is 15.5 Å². The lowest BCUT2D eigenvalue weighted by molar-refractivity contribution is -0.0494. The summed E-state index contributed by atoms with van der Waals surface area (Å²) in [5.74, 6) is 0.00602. The van der Waals surface area contributed by atoms with Gasteiger partial charge in [0.05, 0.1) is 0 Å². The van der Waals surface area contributed by atoms with Gasteiger partial charge in [0.25, 0.3) is 0 Å². The lowest BCUT2D eigenvalue weighted by Gasteiger charge is -2.32.